The van der Waals surface area contributed by atoms with Crippen molar-refractivity contribution in [3.05, 3.63) is 65.9 Å². The number of nitrogens with one attached hydrogen (secondary N) is 1. The number of hydrogen-bond donors (Lipinski definition) is 1. The summed E-state index contributed by atoms with van der Waals surface area (Å²) in [6.07, 6.45) is 7.58. The Morgan fingerprint density at radius 3 is 2.97 bits per heavy atom. The number of pyridine rings is 1. The van der Waals surface area contributed by atoms with Crippen molar-refractivity contribution in [1.82, 2.24) is 19.9 Å². The summed E-state index contributed by atoms with van der Waals surface area (Å²) in [5, 5.41) is 3.25. The van der Waals surface area contributed by atoms with Crippen LogP contribution in [-0.2, 0) is 22.5 Å². The first-order chi connectivity index (χ1) is 16.2. The summed E-state index contributed by atoms with van der Waals surface area (Å²) in [6, 6.07) is 10.0. The summed E-state index contributed by atoms with van der Waals surface area (Å²) < 4.78 is 19.5. The molecule has 170 valence electrons. The van der Waals surface area contributed by atoms with Gasteiger partial charge in [-0.2, -0.15) is 0 Å². The van der Waals surface area contributed by atoms with Crippen LogP contribution in [-0.4, -0.2) is 45.0 Å². The average Bonchev–Trinajstić information content (AvgIpc) is 3.36. The predicted octanol–water partition coefficient (Wildman–Crippen LogP) is 4.27. The maximum atomic E-state index is 13.8. The van der Waals surface area contributed by atoms with Crippen LogP contribution < -0.4 is 5.32 Å². The third kappa shape index (κ3) is 5.01. The molecule has 0 spiro atoms. The van der Waals surface area contributed by atoms with Crippen LogP contribution in [0.5, 0.6) is 0 Å². The number of fused-ring (bicyclic) bond motifs is 1. The van der Waals surface area contributed by atoms with E-state index in [-0.39, 0.29) is 17.8 Å². The second kappa shape index (κ2) is 9.62. The maximum absolute atomic E-state index is 13.8. The van der Waals surface area contributed by atoms with Gasteiger partial charge in [0.25, 0.3) is 0 Å². The lowest BCUT2D eigenvalue weighted by atomic mass is 10.0. The van der Waals surface area contributed by atoms with Crippen molar-refractivity contribution in [2.45, 2.75) is 44.8 Å². The smallest absolute Gasteiger partial charge is 0.222 e. The zero-order valence-electron chi connectivity index (χ0n) is 18.3. The molecule has 1 N–H and O–H groups in total. The Morgan fingerprint density at radius 2 is 2.18 bits per heavy atom. The number of carbonyl (C=O) groups excluding carboxylic acids is 1. The van der Waals surface area contributed by atoms with Crippen LogP contribution in [0.1, 0.15) is 36.9 Å². The molecule has 2 aliphatic heterocycles. The highest BCUT2D eigenvalue weighted by atomic mass is 19.1. The van der Waals surface area contributed by atoms with Crippen LogP contribution in [0.3, 0.4) is 0 Å². The number of nitrogens with zero attached hydrogens (tertiary/aromatic N) is 4. The number of aromatic nitrogens is 3. The van der Waals surface area contributed by atoms with Crippen LogP contribution in [0.25, 0.3) is 11.4 Å². The van der Waals surface area contributed by atoms with Crippen LogP contribution in [0.15, 0.2) is 48.8 Å². The molecule has 1 fully saturated rings. The number of amides is 1. The molecule has 1 unspecified atom stereocenters. The Bertz CT molecular complexity index is 1130. The van der Waals surface area contributed by atoms with E-state index in [2.05, 4.69) is 10.3 Å². The van der Waals surface area contributed by atoms with Gasteiger partial charge in [0.15, 0.2) is 5.82 Å². The molecule has 0 radical (unpaired) electrons. The number of anilines is 2. The van der Waals surface area contributed by atoms with Crippen molar-refractivity contribution in [1.29, 1.82) is 0 Å². The van der Waals surface area contributed by atoms with Gasteiger partial charge in [0.05, 0.1) is 18.3 Å². The van der Waals surface area contributed by atoms with Crippen LogP contribution in [0, 0.1) is 5.82 Å². The van der Waals surface area contributed by atoms with Crippen molar-refractivity contribution >= 4 is 17.4 Å². The summed E-state index contributed by atoms with van der Waals surface area (Å²) in [7, 11) is 0. The fraction of sp³-hybridized carbons (Fsp3) is 0.360. The predicted molar refractivity (Wildman–Crippen MR) is 122 cm³/mol. The minimum Gasteiger partial charge on any atom is -0.378 e. The molecule has 1 saturated heterocycles. The Morgan fingerprint density at radius 1 is 1.24 bits per heavy atom. The Hall–Kier alpha value is -3.39. The monoisotopic (exact) mass is 447 g/mol. The van der Waals surface area contributed by atoms with E-state index in [0.29, 0.717) is 43.3 Å². The zero-order chi connectivity index (χ0) is 22.6. The first-order valence-corrected chi connectivity index (χ1v) is 11.4. The van der Waals surface area contributed by atoms with Gasteiger partial charge in [0.2, 0.25) is 5.91 Å². The zero-order valence-corrected chi connectivity index (χ0v) is 18.3. The SMILES string of the molecule is O=C(CCC1CCCO1)N1CCc2nc(-c3cccnc3)nc(Nc3cccc(F)c3)c2C1. The number of ether oxygens (including phenoxy) is 1. The molecule has 0 bridgehead atoms. The molecule has 5 rings (SSSR count). The van der Waals surface area contributed by atoms with Crippen molar-refractivity contribution in [3.63, 3.8) is 0 Å². The summed E-state index contributed by atoms with van der Waals surface area (Å²) >= 11 is 0. The molecule has 4 heterocycles. The van der Waals surface area contributed by atoms with Gasteiger partial charge in [-0.15, -0.1) is 0 Å². The lowest BCUT2D eigenvalue weighted by molar-refractivity contribution is -0.132. The van der Waals surface area contributed by atoms with Gasteiger partial charge in [-0.1, -0.05) is 6.07 Å². The molecule has 7 nitrogen and oxygen atoms in total. The van der Waals surface area contributed by atoms with Gasteiger partial charge in [-0.3, -0.25) is 9.78 Å². The standard InChI is InChI=1S/C25H26FN5O2/c26-18-5-1-6-19(14-18)28-25-21-16-31(23(32)9-8-20-7-3-13-33-20)12-10-22(21)29-24(30-25)17-4-2-11-27-15-17/h1-2,4-6,11,14-15,20H,3,7-10,12-13,16H2,(H,28,29,30). The second-order valence-electron chi connectivity index (χ2n) is 8.44. The third-order valence-electron chi connectivity index (χ3n) is 6.12. The van der Waals surface area contributed by atoms with Gasteiger partial charge >= 0.3 is 0 Å². The molecular formula is C25H26FN5O2. The number of hydrogen-bond acceptors (Lipinski definition) is 6. The molecular weight excluding hydrogens is 421 g/mol. The normalized spacial score (nSPS) is 17.6. The molecule has 0 saturated carbocycles. The number of benzene rings is 1. The van der Waals surface area contributed by atoms with E-state index in [1.165, 1.54) is 12.1 Å². The molecule has 1 atom stereocenters. The average molecular weight is 448 g/mol. The highest BCUT2D eigenvalue weighted by molar-refractivity contribution is 5.77. The van der Waals surface area contributed by atoms with E-state index in [9.17, 15) is 9.18 Å². The van der Waals surface area contributed by atoms with E-state index in [0.717, 1.165) is 42.7 Å². The maximum Gasteiger partial charge on any atom is 0.222 e. The molecule has 1 aromatic carbocycles. The Labute approximate surface area is 192 Å². The van der Waals surface area contributed by atoms with Crippen molar-refractivity contribution in [2.24, 2.45) is 0 Å². The lowest BCUT2D eigenvalue weighted by Gasteiger charge is -2.30. The van der Waals surface area contributed by atoms with E-state index in [4.69, 9.17) is 14.7 Å². The van der Waals surface area contributed by atoms with Gasteiger partial charge in [0, 0.05) is 55.2 Å². The number of carbonyl (C=O) groups is 1. The summed E-state index contributed by atoms with van der Waals surface area (Å²) in [5.41, 5.74) is 3.15. The lowest BCUT2D eigenvalue weighted by Crippen LogP contribution is -2.37. The highest BCUT2D eigenvalue weighted by Gasteiger charge is 2.27. The number of halogens is 1. The fourth-order valence-corrected chi connectivity index (χ4v) is 4.37. The van der Waals surface area contributed by atoms with E-state index in [1.807, 2.05) is 17.0 Å². The molecule has 1 amide bonds. The molecule has 33 heavy (non-hydrogen) atoms. The van der Waals surface area contributed by atoms with Crippen LogP contribution >= 0.6 is 0 Å². The summed E-state index contributed by atoms with van der Waals surface area (Å²) in [6.45, 7) is 1.83. The molecule has 8 heteroatoms. The first-order valence-electron chi connectivity index (χ1n) is 11.4. The highest BCUT2D eigenvalue weighted by Crippen LogP contribution is 2.30. The van der Waals surface area contributed by atoms with Gasteiger partial charge in [-0.25, -0.2) is 14.4 Å². The first kappa shape index (κ1) is 21.5. The largest absolute Gasteiger partial charge is 0.378 e. The third-order valence-corrected chi connectivity index (χ3v) is 6.12. The van der Waals surface area contributed by atoms with Crippen LogP contribution in [0.2, 0.25) is 0 Å². The van der Waals surface area contributed by atoms with Crippen molar-refractivity contribution in [3.8, 4) is 11.4 Å². The van der Waals surface area contributed by atoms with Gasteiger partial charge in [-0.05, 0) is 49.6 Å². The van der Waals surface area contributed by atoms with Crippen LogP contribution in [0.4, 0.5) is 15.9 Å². The Balaban J connectivity index is 1.42. The van der Waals surface area contributed by atoms with Crippen molar-refractivity contribution in [2.75, 3.05) is 18.5 Å². The minimum atomic E-state index is -0.332. The quantitative estimate of drug-likeness (QED) is 0.608. The van der Waals surface area contributed by atoms with Crippen molar-refractivity contribution < 1.29 is 13.9 Å². The van der Waals surface area contributed by atoms with E-state index < -0.39 is 0 Å². The summed E-state index contributed by atoms with van der Waals surface area (Å²) in [4.78, 5) is 28.5. The van der Waals surface area contributed by atoms with Gasteiger partial charge < -0.3 is 15.0 Å². The molecule has 0 aliphatic carbocycles. The van der Waals surface area contributed by atoms with Gasteiger partial charge in [0.1, 0.15) is 11.6 Å². The summed E-state index contributed by atoms with van der Waals surface area (Å²) in [5.74, 6) is 0.922. The molecule has 2 aliphatic rings. The van der Waals surface area contributed by atoms with E-state index >= 15 is 0 Å². The topological polar surface area (TPSA) is 80.2 Å². The minimum absolute atomic E-state index is 0.115. The molecule has 3 aromatic rings. The fourth-order valence-electron chi connectivity index (χ4n) is 4.37. The second-order valence-corrected chi connectivity index (χ2v) is 8.44. The van der Waals surface area contributed by atoms with E-state index in [1.54, 1.807) is 24.5 Å². The molecule has 2 aromatic heterocycles. The number of rotatable bonds is 6. The Kier molecular flexibility index (Phi) is 6.26.